The molecule has 0 saturated carbocycles. The molecule has 3 aromatic rings. The molecule has 0 radical (unpaired) electrons. The molecule has 1 aliphatic rings. The Balaban J connectivity index is 1.53. The van der Waals surface area contributed by atoms with Gasteiger partial charge in [-0.2, -0.15) is 5.26 Å². The van der Waals surface area contributed by atoms with Gasteiger partial charge in [0.25, 0.3) is 0 Å². The van der Waals surface area contributed by atoms with Crippen molar-refractivity contribution in [1.82, 2.24) is 24.7 Å². The maximum Gasteiger partial charge on any atom is 0.231 e. The number of aromatic amines is 1. The summed E-state index contributed by atoms with van der Waals surface area (Å²) in [5.41, 5.74) is 3.52. The third-order valence-electron chi connectivity index (χ3n) is 6.66. The number of nitriles is 1. The normalized spacial score (nSPS) is 15.9. The minimum absolute atomic E-state index is 0.0305. The summed E-state index contributed by atoms with van der Waals surface area (Å²) >= 11 is 5.92. The standard InChI is InChI=1S/C29H34N6OS/c1-33(2)15-8-3-4-9-16-34-27(36)18-26(28-31-20-25(32-28)24-13-6-5-7-14-24)35(29(34)37)21-23-12-10-11-22(17-23)19-30/h5-7,10-14,17,20,26H,3-4,8-9,15-16,18,21H2,1-2H3,(H,31,32). The summed E-state index contributed by atoms with van der Waals surface area (Å²) < 4.78 is 0. The van der Waals surface area contributed by atoms with Gasteiger partial charge in [-0.25, -0.2) is 4.98 Å². The monoisotopic (exact) mass is 514 g/mol. The van der Waals surface area contributed by atoms with Crippen molar-refractivity contribution in [2.24, 2.45) is 0 Å². The highest BCUT2D eigenvalue weighted by Crippen LogP contribution is 2.32. The summed E-state index contributed by atoms with van der Waals surface area (Å²) in [7, 11) is 4.17. The molecule has 2 aromatic carbocycles. The number of thiocarbonyl (C=S) groups is 1. The van der Waals surface area contributed by atoms with Gasteiger partial charge in [0.15, 0.2) is 5.11 Å². The molecule has 0 spiro atoms. The number of hydrogen-bond acceptors (Lipinski definition) is 5. The lowest BCUT2D eigenvalue weighted by Crippen LogP contribution is -2.53. The summed E-state index contributed by atoms with van der Waals surface area (Å²) in [5.74, 6) is 0.748. The molecular weight excluding hydrogens is 480 g/mol. The van der Waals surface area contributed by atoms with Crippen molar-refractivity contribution in [3.8, 4) is 17.3 Å². The lowest BCUT2D eigenvalue weighted by Gasteiger charge is -2.42. The molecule has 1 N–H and O–H groups in total. The van der Waals surface area contributed by atoms with Crippen LogP contribution in [-0.2, 0) is 11.3 Å². The van der Waals surface area contributed by atoms with Gasteiger partial charge < -0.3 is 14.8 Å². The molecule has 4 rings (SSSR count). The van der Waals surface area contributed by atoms with Crippen LogP contribution in [0.1, 0.15) is 55.1 Å². The predicted octanol–water partition coefficient (Wildman–Crippen LogP) is 5.13. The zero-order valence-electron chi connectivity index (χ0n) is 21.6. The second kappa shape index (κ2) is 12.6. The second-order valence-corrected chi connectivity index (χ2v) is 10.1. The maximum absolute atomic E-state index is 13.3. The van der Waals surface area contributed by atoms with Crippen LogP contribution in [0.4, 0.5) is 0 Å². The van der Waals surface area contributed by atoms with Gasteiger partial charge in [0.05, 0.1) is 36.0 Å². The van der Waals surface area contributed by atoms with Gasteiger partial charge in [-0.15, -0.1) is 0 Å². The van der Waals surface area contributed by atoms with Crippen LogP contribution in [0.15, 0.2) is 60.8 Å². The van der Waals surface area contributed by atoms with Crippen molar-refractivity contribution in [2.75, 3.05) is 27.2 Å². The molecule has 1 atom stereocenters. The van der Waals surface area contributed by atoms with Gasteiger partial charge in [-0.05, 0) is 69.0 Å². The first kappa shape index (κ1) is 26.5. The van der Waals surface area contributed by atoms with E-state index in [2.05, 4.69) is 39.9 Å². The number of nitrogens with zero attached hydrogens (tertiary/aromatic N) is 5. The van der Waals surface area contributed by atoms with Crippen LogP contribution in [0, 0.1) is 11.3 Å². The average Bonchev–Trinajstić information content (AvgIpc) is 3.40. The number of imidazole rings is 1. The molecule has 1 unspecified atom stereocenters. The molecule has 1 aliphatic heterocycles. The van der Waals surface area contributed by atoms with Gasteiger partial charge in [0, 0.05) is 13.1 Å². The van der Waals surface area contributed by atoms with E-state index in [-0.39, 0.29) is 11.9 Å². The number of carbonyl (C=O) groups is 1. The largest absolute Gasteiger partial charge is 0.340 e. The van der Waals surface area contributed by atoms with Crippen LogP contribution in [0.25, 0.3) is 11.3 Å². The molecular formula is C29H34N6OS. The van der Waals surface area contributed by atoms with Crippen LogP contribution < -0.4 is 0 Å². The van der Waals surface area contributed by atoms with Crippen LogP contribution in [-0.4, -0.2) is 62.9 Å². The van der Waals surface area contributed by atoms with Crippen molar-refractivity contribution >= 4 is 23.2 Å². The molecule has 1 saturated heterocycles. The Hall–Kier alpha value is -3.54. The number of hydrogen-bond donors (Lipinski definition) is 1. The smallest absolute Gasteiger partial charge is 0.231 e. The SMILES string of the molecule is CN(C)CCCCCCN1C(=O)CC(c2ncc(-c3ccccc3)[nH]2)N(Cc2cccc(C#N)c2)C1=S. The van der Waals surface area contributed by atoms with E-state index in [1.807, 2.05) is 54.7 Å². The number of benzene rings is 2. The first-order valence-corrected chi connectivity index (χ1v) is 13.2. The van der Waals surface area contributed by atoms with Gasteiger partial charge >= 0.3 is 0 Å². The lowest BCUT2D eigenvalue weighted by atomic mass is 10.0. The van der Waals surface area contributed by atoms with Gasteiger partial charge in [0.1, 0.15) is 5.82 Å². The summed E-state index contributed by atoms with van der Waals surface area (Å²) in [6, 6.07) is 19.5. The van der Waals surface area contributed by atoms with E-state index in [1.165, 1.54) is 0 Å². The molecule has 37 heavy (non-hydrogen) atoms. The minimum atomic E-state index is -0.306. The van der Waals surface area contributed by atoms with Crippen molar-refractivity contribution in [3.05, 3.63) is 77.7 Å². The van der Waals surface area contributed by atoms with Gasteiger partial charge in [0.2, 0.25) is 5.91 Å². The Bertz CT molecular complexity index is 1250. The number of nitrogens with one attached hydrogen (secondary N) is 1. The van der Waals surface area contributed by atoms with Crippen LogP contribution in [0.3, 0.4) is 0 Å². The van der Waals surface area contributed by atoms with E-state index in [9.17, 15) is 10.1 Å². The van der Waals surface area contributed by atoms with E-state index >= 15 is 0 Å². The number of aromatic nitrogens is 2. The molecule has 192 valence electrons. The predicted molar refractivity (Wildman–Crippen MR) is 149 cm³/mol. The van der Waals surface area contributed by atoms with Crippen molar-refractivity contribution in [2.45, 2.75) is 44.7 Å². The van der Waals surface area contributed by atoms with E-state index in [4.69, 9.17) is 12.2 Å². The average molecular weight is 515 g/mol. The molecule has 1 fully saturated rings. The summed E-state index contributed by atoms with van der Waals surface area (Å²) in [6.07, 6.45) is 6.37. The second-order valence-electron chi connectivity index (χ2n) is 9.75. The first-order chi connectivity index (χ1) is 18.0. The van der Waals surface area contributed by atoms with E-state index in [0.717, 1.165) is 49.0 Å². The number of rotatable bonds is 11. The van der Waals surface area contributed by atoms with Crippen LogP contribution in [0.5, 0.6) is 0 Å². The maximum atomic E-state index is 13.3. The Kier molecular flexibility index (Phi) is 9.04. The highest BCUT2D eigenvalue weighted by molar-refractivity contribution is 7.80. The van der Waals surface area contributed by atoms with E-state index in [1.54, 1.807) is 11.0 Å². The minimum Gasteiger partial charge on any atom is -0.340 e. The Labute approximate surface area is 224 Å². The van der Waals surface area contributed by atoms with Gasteiger partial charge in [-0.3, -0.25) is 9.69 Å². The Morgan fingerprint density at radius 1 is 1.11 bits per heavy atom. The Morgan fingerprint density at radius 2 is 1.89 bits per heavy atom. The Morgan fingerprint density at radius 3 is 2.65 bits per heavy atom. The topological polar surface area (TPSA) is 79.3 Å². The van der Waals surface area contributed by atoms with E-state index < -0.39 is 0 Å². The van der Waals surface area contributed by atoms with Crippen molar-refractivity contribution in [3.63, 3.8) is 0 Å². The summed E-state index contributed by atoms with van der Waals surface area (Å²) in [4.78, 5) is 27.4. The fourth-order valence-corrected chi connectivity index (χ4v) is 5.07. The third kappa shape index (κ3) is 6.82. The molecule has 7 nitrogen and oxygen atoms in total. The highest BCUT2D eigenvalue weighted by atomic mass is 32.1. The number of carbonyl (C=O) groups excluding carboxylic acids is 1. The summed E-state index contributed by atoms with van der Waals surface area (Å²) in [6.45, 7) is 2.19. The van der Waals surface area contributed by atoms with Crippen LogP contribution in [0.2, 0.25) is 0 Å². The fourth-order valence-electron chi connectivity index (χ4n) is 4.68. The quantitative estimate of drug-likeness (QED) is 0.282. The lowest BCUT2D eigenvalue weighted by molar-refractivity contribution is -0.131. The van der Waals surface area contributed by atoms with Crippen molar-refractivity contribution < 1.29 is 4.79 Å². The van der Waals surface area contributed by atoms with Crippen molar-refractivity contribution in [1.29, 1.82) is 5.26 Å². The number of unbranched alkanes of at least 4 members (excludes halogenated alkanes) is 3. The number of amides is 1. The fraction of sp³-hybridized carbons (Fsp3) is 0.379. The van der Waals surface area contributed by atoms with Crippen LogP contribution >= 0.6 is 12.2 Å². The third-order valence-corrected chi connectivity index (χ3v) is 7.12. The van der Waals surface area contributed by atoms with E-state index in [0.29, 0.717) is 36.0 Å². The molecule has 0 aliphatic carbocycles. The number of H-pyrrole nitrogens is 1. The molecule has 2 heterocycles. The molecule has 1 amide bonds. The zero-order chi connectivity index (χ0) is 26.2. The zero-order valence-corrected chi connectivity index (χ0v) is 22.4. The molecule has 1 aromatic heterocycles. The van der Waals surface area contributed by atoms with Gasteiger partial charge in [-0.1, -0.05) is 55.3 Å². The highest BCUT2D eigenvalue weighted by Gasteiger charge is 2.38. The molecule has 8 heteroatoms. The first-order valence-electron chi connectivity index (χ1n) is 12.8. The summed E-state index contributed by atoms with van der Waals surface area (Å²) in [5, 5.41) is 9.89. The molecule has 0 bridgehead atoms.